The lowest BCUT2D eigenvalue weighted by molar-refractivity contribution is -0.137. The maximum Gasteiger partial charge on any atom is 0.416 e. The van der Waals surface area contributed by atoms with E-state index < -0.39 is 11.7 Å². The Bertz CT molecular complexity index is 1280. The van der Waals surface area contributed by atoms with E-state index in [0.717, 1.165) is 101 Å². The summed E-state index contributed by atoms with van der Waals surface area (Å²) in [5.41, 5.74) is 0.909. The lowest BCUT2D eigenvalue weighted by atomic mass is 10.1. The fraction of sp³-hybridized carbons (Fsp3) is 0.515. The van der Waals surface area contributed by atoms with Crippen molar-refractivity contribution in [2.45, 2.75) is 52.6 Å². The van der Waals surface area contributed by atoms with Crippen molar-refractivity contribution in [1.82, 2.24) is 19.8 Å². The number of hydrogen-bond donors (Lipinski definition) is 0. The van der Waals surface area contributed by atoms with Crippen molar-refractivity contribution in [3.63, 3.8) is 0 Å². The first-order chi connectivity index (χ1) is 20.7. The van der Waals surface area contributed by atoms with Crippen LogP contribution in [-0.2, 0) is 10.9 Å². The minimum Gasteiger partial charge on any atom is -0.379 e. The molecule has 0 spiro atoms. The quantitative estimate of drug-likeness (QED) is 0.180. The predicted octanol–water partition coefficient (Wildman–Crippen LogP) is 8.16. The Labute approximate surface area is 259 Å². The molecular formula is C33H45ClF3N5O. The average Bonchev–Trinajstić information content (AvgIpc) is 2.99. The van der Waals surface area contributed by atoms with E-state index >= 15 is 0 Å². The van der Waals surface area contributed by atoms with Gasteiger partial charge in [0.25, 0.3) is 0 Å². The Morgan fingerprint density at radius 1 is 1.00 bits per heavy atom. The number of nitrogens with zero attached hydrogens (tertiary/aromatic N) is 5. The lowest BCUT2D eigenvalue weighted by Gasteiger charge is -2.26. The summed E-state index contributed by atoms with van der Waals surface area (Å²) >= 11 is 6.43. The van der Waals surface area contributed by atoms with E-state index in [1.807, 2.05) is 37.3 Å². The van der Waals surface area contributed by atoms with Crippen LogP contribution in [0, 0.1) is 6.92 Å². The first-order valence-electron chi connectivity index (χ1n) is 15.2. The van der Waals surface area contributed by atoms with Crippen molar-refractivity contribution in [3.05, 3.63) is 71.4 Å². The molecule has 6 nitrogen and oxygen atoms in total. The summed E-state index contributed by atoms with van der Waals surface area (Å²) in [6.45, 7) is 18.4. The van der Waals surface area contributed by atoms with Gasteiger partial charge in [0.05, 0.1) is 29.3 Å². The molecule has 3 heterocycles. The van der Waals surface area contributed by atoms with Gasteiger partial charge in [-0.05, 0) is 94.2 Å². The van der Waals surface area contributed by atoms with Crippen LogP contribution < -0.4 is 4.90 Å². The van der Waals surface area contributed by atoms with Gasteiger partial charge in [0.1, 0.15) is 11.6 Å². The van der Waals surface area contributed by atoms with Gasteiger partial charge in [-0.2, -0.15) is 13.2 Å². The Morgan fingerprint density at radius 3 is 2.37 bits per heavy atom. The SMILES string of the molecule is C=CCCN1CCOCC1.CCCN(CCC)CCCN(c1cc(C(F)(F)F)ccn1)c1ccc2cc(C)cc(Cl)c2n1. The van der Waals surface area contributed by atoms with E-state index in [0.29, 0.717) is 22.9 Å². The van der Waals surface area contributed by atoms with Crippen LogP contribution >= 0.6 is 11.6 Å². The maximum atomic E-state index is 13.4. The zero-order valence-electron chi connectivity index (χ0n) is 25.7. The summed E-state index contributed by atoms with van der Waals surface area (Å²) in [4.78, 5) is 15.5. The average molecular weight is 620 g/mol. The Morgan fingerprint density at radius 2 is 1.72 bits per heavy atom. The molecule has 0 amide bonds. The molecule has 1 aliphatic heterocycles. The lowest BCUT2D eigenvalue weighted by Crippen LogP contribution is -2.36. The standard InChI is InChI=1S/C25H30ClF3N4.C8H15NO/c1-4-11-32(12-5-2)13-6-14-33(23-17-20(9-10-30-23)25(27,28)29)22-8-7-19-15-18(3)16-21(26)24(19)31-22;1-2-3-4-9-5-7-10-8-6-9/h7-10,15-17H,4-6,11-14H2,1-3H3;2H,1,3-8H2. The number of alkyl halides is 3. The number of morpholine rings is 1. The minimum absolute atomic E-state index is 0.220. The van der Waals surface area contributed by atoms with Crippen LogP contribution in [0.2, 0.25) is 5.02 Å². The number of fused-ring (bicyclic) bond motifs is 1. The summed E-state index contributed by atoms with van der Waals surface area (Å²) in [7, 11) is 0. The van der Waals surface area contributed by atoms with Crippen molar-refractivity contribution in [2.75, 3.05) is 63.9 Å². The van der Waals surface area contributed by atoms with Gasteiger partial charge >= 0.3 is 6.18 Å². The predicted molar refractivity (Wildman–Crippen MR) is 171 cm³/mol. The first-order valence-corrected chi connectivity index (χ1v) is 15.5. The van der Waals surface area contributed by atoms with Crippen LogP contribution in [0.4, 0.5) is 24.8 Å². The number of benzene rings is 1. The van der Waals surface area contributed by atoms with Crippen molar-refractivity contribution in [3.8, 4) is 0 Å². The largest absolute Gasteiger partial charge is 0.416 e. The second-order valence-corrected chi connectivity index (χ2v) is 11.2. The number of aryl methyl sites for hydroxylation is 1. The molecule has 0 aliphatic carbocycles. The topological polar surface area (TPSA) is 44.7 Å². The molecule has 1 fully saturated rings. The summed E-state index contributed by atoms with van der Waals surface area (Å²) in [5.74, 6) is 0.745. The molecule has 2 aromatic heterocycles. The van der Waals surface area contributed by atoms with Crippen LogP contribution in [0.15, 0.2) is 55.3 Å². The Balaban J connectivity index is 0.000000428. The minimum atomic E-state index is -4.44. The van der Waals surface area contributed by atoms with Crippen molar-refractivity contribution >= 4 is 34.1 Å². The molecule has 1 aliphatic rings. The molecule has 0 bridgehead atoms. The molecular weight excluding hydrogens is 575 g/mol. The van der Waals surface area contributed by atoms with Crippen molar-refractivity contribution in [1.29, 1.82) is 0 Å². The number of aromatic nitrogens is 2. The van der Waals surface area contributed by atoms with Crippen LogP contribution in [0.25, 0.3) is 10.9 Å². The third-order valence-corrected chi connectivity index (χ3v) is 7.48. The summed E-state index contributed by atoms with van der Waals surface area (Å²) < 4.78 is 45.3. The van der Waals surface area contributed by atoms with Crippen LogP contribution in [-0.4, -0.2) is 78.8 Å². The molecule has 0 atom stereocenters. The number of anilines is 2. The molecule has 236 valence electrons. The second kappa shape index (κ2) is 17.5. The monoisotopic (exact) mass is 619 g/mol. The Kier molecular flexibility index (Phi) is 14.2. The highest BCUT2D eigenvalue weighted by Crippen LogP contribution is 2.33. The number of rotatable bonds is 13. The molecule has 4 rings (SSSR count). The van der Waals surface area contributed by atoms with E-state index in [1.165, 1.54) is 6.20 Å². The molecule has 1 saturated heterocycles. The number of hydrogen-bond acceptors (Lipinski definition) is 6. The second-order valence-electron chi connectivity index (χ2n) is 10.8. The van der Waals surface area contributed by atoms with Gasteiger partial charge < -0.3 is 14.5 Å². The molecule has 0 saturated carbocycles. The van der Waals surface area contributed by atoms with Gasteiger partial charge in [0.15, 0.2) is 0 Å². The van der Waals surface area contributed by atoms with Crippen LogP contribution in [0.3, 0.4) is 0 Å². The molecule has 0 unspecified atom stereocenters. The van der Waals surface area contributed by atoms with E-state index in [1.54, 1.807) is 4.90 Å². The van der Waals surface area contributed by atoms with Gasteiger partial charge in [0.2, 0.25) is 0 Å². The molecule has 10 heteroatoms. The van der Waals surface area contributed by atoms with Crippen molar-refractivity contribution in [2.24, 2.45) is 0 Å². The van der Waals surface area contributed by atoms with Gasteiger partial charge in [-0.3, -0.25) is 4.90 Å². The Hall–Kier alpha value is -2.72. The highest BCUT2D eigenvalue weighted by Gasteiger charge is 2.31. The summed E-state index contributed by atoms with van der Waals surface area (Å²) in [5, 5.41) is 1.40. The molecule has 3 aromatic rings. The smallest absolute Gasteiger partial charge is 0.379 e. The van der Waals surface area contributed by atoms with Crippen LogP contribution in [0.1, 0.15) is 50.7 Å². The van der Waals surface area contributed by atoms with Gasteiger partial charge in [-0.25, -0.2) is 9.97 Å². The van der Waals surface area contributed by atoms with Gasteiger partial charge in [-0.1, -0.05) is 31.5 Å². The van der Waals surface area contributed by atoms with E-state index in [4.69, 9.17) is 21.3 Å². The zero-order chi connectivity index (χ0) is 31.2. The van der Waals surface area contributed by atoms with E-state index in [9.17, 15) is 13.2 Å². The van der Waals surface area contributed by atoms with Gasteiger partial charge in [0, 0.05) is 37.8 Å². The fourth-order valence-electron chi connectivity index (χ4n) is 5.08. The molecule has 0 radical (unpaired) electrons. The molecule has 43 heavy (non-hydrogen) atoms. The summed E-state index contributed by atoms with van der Waals surface area (Å²) in [6, 6.07) is 9.60. The fourth-order valence-corrected chi connectivity index (χ4v) is 5.40. The van der Waals surface area contributed by atoms with E-state index in [-0.39, 0.29) is 5.82 Å². The zero-order valence-corrected chi connectivity index (χ0v) is 26.4. The van der Waals surface area contributed by atoms with Gasteiger partial charge in [-0.15, -0.1) is 6.58 Å². The third-order valence-electron chi connectivity index (χ3n) is 7.19. The summed E-state index contributed by atoms with van der Waals surface area (Å²) in [6.07, 6.45) is 2.70. The third kappa shape index (κ3) is 11.1. The normalized spacial score (nSPS) is 14.0. The number of ether oxygens (including phenoxy) is 1. The molecule has 1 aromatic carbocycles. The molecule has 0 N–H and O–H groups in total. The first kappa shape index (κ1) is 34.8. The van der Waals surface area contributed by atoms with E-state index in [2.05, 4.69) is 35.2 Å². The highest BCUT2D eigenvalue weighted by molar-refractivity contribution is 6.35. The highest BCUT2D eigenvalue weighted by atomic mass is 35.5. The number of halogens is 4. The number of pyridine rings is 2. The van der Waals surface area contributed by atoms with Crippen molar-refractivity contribution < 1.29 is 17.9 Å². The maximum absolute atomic E-state index is 13.4. The van der Waals surface area contributed by atoms with Crippen LogP contribution in [0.5, 0.6) is 0 Å².